The van der Waals surface area contributed by atoms with Gasteiger partial charge in [0.05, 0.1) is 10.7 Å². The Labute approximate surface area is 126 Å². The summed E-state index contributed by atoms with van der Waals surface area (Å²) in [6.07, 6.45) is 1.55. The lowest BCUT2D eigenvalue weighted by Crippen LogP contribution is -2.14. The molecule has 0 aliphatic carbocycles. The largest absolute Gasteiger partial charge is 0.374 e. The molecule has 0 amide bonds. The van der Waals surface area contributed by atoms with Crippen LogP contribution < -0.4 is 11.3 Å². The quantitative estimate of drug-likeness (QED) is 0.742. The van der Waals surface area contributed by atoms with E-state index in [0.29, 0.717) is 27.2 Å². The van der Waals surface area contributed by atoms with E-state index in [2.05, 4.69) is 15.2 Å². The monoisotopic (exact) mass is 325 g/mol. The van der Waals surface area contributed by atoms with Gasteiger partial charge in [-0.05, 0) is 12.1 Å². The third kappa shape index (κ3) is 2.77. The van der Waals surface area contributed by atoms with Crippen LogP contribution in [-0.4, -0.2) is 19.6 Å². The lowest BCUT2D eigenvalue weighted by molar-refractivity contribution is 1.00. The zero-order valence-electron chi connectivity index (χ0n) is 9.99. The molecule has 3 heterocycles. The average Bonchev–Trinajstić information content (AvgIpc) is 2.83. The van der Waals surface area contributed by atoms with Gasteiger partial charge in [-0.2, -0.15) is 0 Å². The number of hydrogen-bond donors (Lipinski definition) is 1. The van der Waals surface area contributed by atoms with Crippen molar-refractivity contribution in [3.05, 3.63) is 45.5 Å². The number of fused-ring (bicyclic) bond motifs is 1. The van der Waals surface area contributed by atoms with E-state index in [4.69, 9.17) is 17.3 Å². The molecule has 0 aliphatic heterocycles. The molecule has 3 aromatic heterocycles. The molecular formula is C11H8ClN5OS2. The molecule has 0 saturated heterocycles. The van der Waals surface area contributed by atoms with Gasteiger partial charge in [-0.3, -0.25) is 9.20 Å². The van der Waals surface area contributed by atoms with Crippen LogP contribution in [0.2, 0.25) is 5.02 Å². The fourth-order valence-electron chi connectivity index (χ4n) is 1.61. The molecule has 0 aromatic carbocycles. The summed E-state index contributed by atoms with van der Waals surface area (Å²) >= 11 is 8.61. The van der Waals surface area contributed by atoms with Crippen LogP contribution in [0.4, 0.5) is 5.13 Å². The molecule has 9 heteroatoms. The van der Waals surface area contributed by atoms with E-state index in [0.717, 1.165) is 4.34 Å². The first-order chi connectivity index (χ1) is 9.61. The lowest BCUT2D eigenvalue weighted by Gasteiger charge is -2.03. The number of nitrogens with two attached hydrogens (primary N) is 1. The van der Waals surface area contributed by atoms with Gasteiger partial charge in [-0.15, -0.1) is 10.2 Å². The SMILES string of the molecule is Nc1nnc(SCc2cc(=O)n3cc(Cl)ccc3n2)s1. The van der Waals surface area contributed by atoms with E-state index in [1.165, 1.54) is 33.6 Å². The highest BCUT2D eigenvalue weighted by Gasteiger charge is 2.06. The minimum Gasteiger partial charge on any atom is -0.374 e. The first kappa shape index (κ1) is 13.3. The third-order valence-electron chi connectivity index (χ3n) is 2.44. The van der Waals surface area contributed by atoms with Crippen molar-refractivity contribution in [2.45, 2.75) is 10.1 Å². The number of thioether (sulfide) groups is 1. The summed E-state index contributed by atoms with van der Waals surface area (Å²) in [5.74, 6) is 0.531. The molecular weight excluding hydrogens is 318 g/mol. The molecule has 0 spiro atoms. The maximum absolute atomic E-state index is 12.0. The molecule has 0 unspecified atom stereocenters. The Balaban J connectivity index is 1.89. The van der Waals surface area contributed by atoms with Gasteiger partial charge in [0.1, 0.15) is 5.65 Å². The second-order valence-electron chi connectivity index (χ2n) is 3.86. The van der Waals surface area contributed by atoms with Crippen molar-refractivity contribution in [1.29, 1.82) is 0 Å². The summed E-state index contributed by atoms with van der Waals surface area (Å²) in [6.45, 7) is 0. The molecule has 0 atom stereocenters. The van der Waals surface area contributed by atoms with Gasteiger partial charge in [-0.25, -0.2) is 4.98 Å². The molecule has 6 nitrogen and oxygen atoms in total. The summed E-state index contributed by atoms with van der Waals surface area (Å²) in [6, 6.07) is 4.90. The zero-order chi connectivity index (χ0) is 14.1. The Hall–Kier alpha value is -1.64. The first-order valence-electron chi connectivity index (χ1n) is 5.51. The van der Waals surface area contributed by atoms with Crippen molar-refractivity contribution in [2.24, 2.45) is 0 Å². The molecule has 20 heavy (non-hydrogen) atoms. The van der Waals surface area contributed by atoms with Crippen molar-refractivity contribution in [3.8, 4) is 0 Å². The average molecular weight is 326 g/mol. The van der Waals surface area contributed by atoms with Gasteiger partial charge >= 0.3 is 0 Å². The van der Waals surface area contributed by atoms with E-state index in [9.17, 15) is 4.79 Å². The second-order valence-corrected chi connectivity index (χ2v) is 6.52. The fourth-order valence-corrected chi connectivity index (χ4v) is 3.30. The molecule has 3 aromatic rings. The van der Waals surface area contributed by atoms with Crippen LogP contribution in [0.3, 0.4) is 0 Å². The van der Waals surface area contributed by atoms with Crippen LogP contribution in [-0.2, 0) is 5.75 Å². The van der Waals surface area contributed by atoms with Gasteiger partial charge in [0.2, 0.25) is 5.13 Å². The van der Waals surface area contributed by atoms with Crippen LogP contribution in [0.1, 0.15) is 5.69 Å². The van der Waals surface area contributed by atoms with Crippen LogP contribution >= 0.6 is 34.7 Å². The van der Waals surface area contributed by atoms with Gasteiger partial charge in [0.15, 0.2) is 4.34 Å². The van der Waals surface area contributed by atoms with Crippen LogP contribution in [0, 0.1) is 0 Å². The number of nitrogen functional groups attached to an aromatic ring is 1. The van der Waals surface area contributed by atoms with Crippen LogP contribution in [0.25, 0.3) is 5.65 Å². The molecule has 2 N–H and O–H groups in total. The third-order valence-corrected chi connectivity index (χ3v) is 4.59. The maximum atomic E-state index is 12.0. The molecule has 0 fully saturated rings. The normalized spacial score (nSPS) is 11.1. The van der Waals surface area contributed by atoms with Crippen molar-refractivity contribution in [3.63, 3.8) is 0 Å². The van der Waals surface area contributed by atoms with E-state index in [1.54, 1.807) is 18.3 Å². The van der Waals surface area contributed by atoms with E-state index in [1.807, 2.05) is 0 Å². The van der Waals surface area contributed by atoms with E-state index in [-0.39, 0.29) is 5.56 Å². The molecule has 3 rings (SSSR count). The first-order valence-corrected chi connectivity index (χ1v) is 7.69. The highest BCUT2D eigenvalue weighted by molar-refractivity contribution is 8.00. The predicted molar refractivity (Wildman–Crippen MR) is 80.4 cm³/mol. The Morgan fingerprint density at radius 2 is 2.25 bits per heavy atom. The molecule has 102 valence electrons. The van der Waals surface area contributed by atoms with Crippen molar-refractivity contribution >= 4 is 45.5 Å². The molecule has 0 aliphatic rings. The molecule has 0 radical (unpaired) electrons. The Bertz CT molecular complexity index is 831. The minimum absolute atomic E-state index is 0.162. The van der Waals surface area contributed by atoms with Crippen LogP contribution in [0.5, 0.6) is 0 Å². The number of anilines is 1. The van der Waals surface area contributed by atoms with Crippen LogP contribution in [0.15, 0.2) is 33.5 Å². The maximum Gasteiger partial charge on any atom is 0.258 e. The van der Waals surface area contributed by atoms with Crippen molar-refractivity contribution in [1.82, 2.24) is 19.6 Å². The summed E-state index contributed by atoms with van der Waals surface area (Å²) < 4.78 is 2.17. The summed E-state index contributed by atoms with van der Waals surface area (Å²) in [7, 11) is 0. The molecule has 0 bridgehead atoms. The second kappa shape index (κ2) is 5.39. The van der Waals surface area contributed by atoms with Crippen molar-refractivity contribution < 1.29 is 0 Å². The van der Waals surface area contributed by atoms with Gasteiger partial charge < -0.3 is 5.73 Å². The number of halogens is 1. The van der Waals surface area contributed by atoms with E-state index >= 15 is 0 Å². The Morgan fingerprint density at radius 3 is 3.00 bits per heavy atom. The summed E-state index contributed by atoms with van der Waals surface area (Å²) in [5, 5.41) is 8.55. The van der Waals surface area contributed by atoms with Gasteiger partial charge in [0.25, 0.3) is 5.56 Å². The fraction of sp³-hybridized carbons (Fsp3) is 0.0909. The van der Waals surface area contributed by atoms with Crippen molar-refractivity contribution in [2.75, 3.05) is 5.73 Å². The zero-order valence-corrected chi connectivity index (χ0v) is 12.4. The molecule has 0 saturated carbocycles. The number of aromatic nitrogens is 4. The standard InChI is InChI=1S/C11H8ClN5OS2/c12-6-1-2-8-14-7(3-9(18)17(8)4-6)5-19-11-16-15-10(13)20-11/h1-4H,5H2,(H2,13,15). The highest BCUT2D eigenvalue weighted by Crippen LogP contribution is 2.26. The number of rotatable bonds is 3. The number of pyridine rings is 1. The van der Waals surface area contributed by atoms with Gasteiger partial charge in [-0.1, -0.05) is 34.7 Å². The Morgan fingerprint density at radius 1 is 1.40 bits per heavy atom. The Kier molecular flexibility index (Phi) is 3.60. The predicted octanol–water partition coefficient (Wildman–Crippen LogP) is 2.07. The van der Waals surface area contributed by atoms with E-state index < -0.39 is 0 Å². The summed E-state index contributed by atoms with van der Waals surface area (Å²) in [5.41, 5.74) is 6.59. The highest BCUT2D eigenvalue weighted by atomic mass is 35.5. The van der Waals surface area contributed by atoms with Gasteiger partial charge in [0, 0.05) is 18.0 Å². The minimum atomic E-state index is -0.162. The number of nitrogens with zero attached hydrogens (tertiary/aromatic N) is 4. The topological polar surface area (TPSA) is 86.2 Å². The smallest absolute Gasteiger partial charge is 0.258 e. The lowest BCUT2D eigenvalue weighted by atomic mass is 10.4. The summed E-state index contributed by atoms with van der Waals surface area (Å²) in [4.78, 5) is 16.4. The number of hydrogen-bond acceptors (Lipinski definition) is 7.